The van der Waals surface area contributed by atoms with Gasteiger partial charge in [-0.3, -0.25) is 0 Å². The fourth-order valence-corrected chi connectivity index (χ4v) is 0.720. The third-order valence-electron chi connectivity index (χ3n) is 1.06. The lowest BCUT2D eigenvalue weighted by Gasteiger charge is -2.01. The van der Waals surface area contributed by atoms with Gasteiger partial charge in [0.1, 0.15) is 0 Å². The van der Waals surface area contributed by atoms with Gasteiger partial charge in [-0.2, -0.15) is 13.2 Å². The molecule has 0 aliphatic carbocycles. The van der Waals surface area contributed by atoms with Gasteiger partial charge in [-0.1, -0.05) is 23.2 Å². The van der Waals surface area contributed by atoms with Crippen molar-refractivity contribution in [3.63, 3.8) is 0 Å². The largest absolute Gasteiger partial charge is 0.444 e. The normalized spacial score (nSPS) is 13.1. The minimum absolute atomic E-state index is 0.0621. The maximum atomic E-state index is 11.9. The number of alkyl halides is 3. The van der Waals surface area contributed by atoms with Crippen LogP contribution in [0.25, 0.3) is 0 Å². The molecule has 1 rings (SSSR count). The van der Waals surface area contributed by atoms with Crippen LogP contribution < -0.4 is 0 Å². The summed E-state index contributed by atoms with van der Waals surface area (Å²) in [7, 11) is 0. The quantitative estimate of drug-likeness (QED) is 0.712. The second-order valence-corrected chi connectivity index (χ2v) is 2.86. The molecule has 14 heavy (non-hydrogen) atoms. The zero-order valence-electron chi connectivity index (χ0n) is 6.39. The number of hydrogen-bond donors (Lipinski definition) is 0. The molecule has 0 fully saturated rings. The Morgan fingerprint density at radius 2 is 1.93 bits per heavy atom. The minimum Gasteiger partial charge on any atom is -0.210 e. The van der Waals surface area contributed by atoms with E-state index >= 15 is 0 Å². The van der Waals surface area contributed by atoms with Gasteiger partial charge in [0.2, 0.25) is 5.17 Å². The van der Waals surface area contributed by atoms with Crippen molar-refractivity contribution in [1.29, 1.82) is 0 Å². The molecule has 0 aliphatic heterocycles. The Bertz CT molecular complexity index is 346. The van der Waals surface area contributed by atoms with E-state index in [4.69, 9.17) is 23.2 Å². The Balaban J connectivity index is 2.93. The summed E-state index contributed by atoms with van der Waals surface area (Å²) in [4.78, 5) is 3.00. The average Bonchev–Trinajstić information content (AvgIpc) is 2.07. The number of aromatic nitrogens is 2. The number of hydrogen-bond acceptors (Lipinski definition) is 3. The molecule has 0 aliphatic rings. The molecule has 0 spiro atoms. The molecule has 0 N–H and O–H groups in total. The molecule has 0 aromatic carbocycles. The minimum atomic E-state index is -4.68. The lowest BCUT2D eigenvalue weighted by Crippen LogP contribution is -2.16. The maximum absolute atomic E-state index is 11.9. The van der Waals surface area contributed by atoms with Gasteiger partial charge in [-0.15, -0.1) is 10.2 Å². The average molecular weight is 244 g/mol. The summed E-state index contributed by atoms with van der Waals surface area (Å²) in [6.07, 6.45) is -4.68. The summed E-state index contributed by atoms with van der Waals surface area (Å²) in [5, 5.41) is 5.13. The maximum Gasteiger partial charge on any atom is 0.444 e. The number of halogens is 5. The van der Waals surface area contributed by atoms with Crippen LogP contribution >= 0.6 is 23.2 Å². The third kappa shape index (κ3) is 3.12. The van der Waals surface area contributed by atoms with Crippen molar-refractivity contribution in [3.8, 4) is 0 Å². The Hall–Kier alpha value is -0.880. The first-order chi connectivity index (χ1) is 6.39. The summed E-state index contributed by atoms with van der Waals surface area (Å²) in [5.74, 6) is -0.253. The summed E-state index contributed by atoms with van der Waals surface area (Å²) in [6, 6.07) is 2.43. The Morgan fingerprint density at radius 3 is 2.36 bits per heavy atom. The van der Waals surface area contributed by atoms with Crippen molar-refractivity contribution in [1.82, 2.24) is 10.2 Å². The molecule has 76 valence electrons. The van der Waals surface area contributed by atoms with Gasteiger partial charge >= 0.3 is 6.18 Å². The van der Waals surface area contributed by atoms with Gasteiger partial charge in [0.15, 0.2) is 11.0 Å². The monoisotopic (exact) mass is 243 g/mol. The molecule has 0 atom stereocenters. The molecular weight excluding hydrogens is 242 g/mol. The molecule has 1 aromatic rings. The zero-order chi connectivity index (χ0) is 10.8. The molecule has 0 amide bonds. The van der Waals surface area contributed by atoms with Gasteiger partial charge in [0.05, 0.1) is 0 Å². The number of rotatable bonds is 1. The Kier molecular flexibility index (Phi) is 3.28. The van der Waals surface area contributed by atoms with E-state index in [9.17, 15) is 13.2 Å². The summed E-state index contributed by atoms with van der Waals surface area (Å²) >= 11 is 10.2. The van der Waals surface area contributed by atoms with E-state index < -0.39 is 11.3 Å². The molecular formula is C6H2Cl2F3N3. The second kappa shape index (κ2) is 4.10. The topological polar surface area (TPSA) is 38.1 Å². The Labute approximate surface area is 86.6 Å². The predicted octanol–water partition coefficient (Wildman–Crippen LogP) is 2.96. The molecule has 8 heteroatoms. The van der Waals surface area contributed by atoms with E-state index in [0.717, 1.165) is 0 Å². The fourth-order valence-electron chi connectivity index (χ4n) is 0.533. The first-order valence-electron chi connectivity index (χ1n) is 3.20. The molecule has 0 saturated carbocycles. The first kappa shape index (κ1) is 11.2. The van der Waals surface area contributed by atoms with Crippen molar-refractivity contribution in [3.05, 3.63) is 17.3 Å². The summed E-state index contributed by atoms with van der Waals surface area (Å²) in [6.45, 7) is 0. The van der Waals surface area contributed by atoms with E-state index in [1.807, 2.05) is 0 Å². The molecule has 0 unspecified atom stereocenters. The highest BCUT2D eigenvalue weighted by Gasteiger charge is 2.34. The van der Waals surface area contributed by atoms with Crippen LogP contribution in [0.15, 0.2) is 17.1 Å². The predicted molar refractivity (Wildman–Crippen MR) is 46.0 cm³/mol. The summed E-state index contributed by atoms with van der Waals surface area (Å²) in [5.41, 5.74) is 0. The van der Waals surface area contributed by atoms with E-state index in [2.05, 4.69) is 15.2 Å². The van der Waals surface area contributed by atoms with Crippen LogP contribution in [0.2, 0.25) is 5.15 Å². The zero-order valence-corrected chi connectivity index (χ0v) is 7.90. The van der Waals surface area contributed by atoms with Crippen LogP contribution in [0.3, 0.4) is 0 Å². The number of aliphatic imine (C=N–C) groups is 1. The third-order valence-corrected chi connectivity index (χ3v) is 1.56. The van der Waals surface area contributed by atoms with Gasteiger partial charge in [0, 0.05) is 0 Å². The lowest BCUT2D eigenvalue weighted by molar-refractivity contribution is -0.0558. The van der Waals surface area contributed by atoms with E-state index in [1.54, 1.807) is 0 Å². The molecule has 1 heterocycles. The van der Waals surface area contributed by atoms with Crippen LogP contribution in [0.5, 0.6) is 0 Å². The van der Waals surface area contributed by atoms with Crippen LogP contribution in [0, 0.1) is 0 Å². The van der Waals surface area contributed by atoms with Crippen molar-refractivity contribution in [2.75, 3.05) is 0 Å². The molecule has 0 saturated heterocycles. The van der Waals surface area contributed by atoms with Crippen LogP contribution in [0.4, 0.5) is 19.0 Å². The fraction of sp³-hybridized carbons (Fsp3) is 0.167. The van der Waals surface area contributed by atoms with Crippen molar-refractivity contribution >= 4 is 34.2 Å². The van der Waals surface area contributed by atoms with Crippen LogP contribution in [-0.4, -0.2) is 21.5 Å². The van der Waals surface area contributed by atoms with Crippen molar-refractivity contribution in [2.24, 2.45) is 4.99 Å². The van der Waals surface area contributed by atoms with Crippen LogP contribution in [0.1, 0.15) is 0 Å². The molecule has 3 nitrogen and oxygen atoms in total. The van der Waals surface area contributed by atoms with Gasteiger partial charge < -0.3 is 0 Å². The van der Waals surface area contributed by atoms with Gasteiger partial charge in [-0.25, -0.2) is 4.99 Å². The number of nitrogens with zero attached hydrogens (tertiary/aromatic N) is 3. The van der Waals surface area contributed by atoms with Gasteiger partial charge in [-0.05, 0) is 12.1 Å². The Morgan fingerprint density at radius 1 is 1.29 bits per heavy atom. The molecule has 0 bridgehead atoms. The standard InChI is InChI=1S/C6H2Cl2F3N3/c7-3-1-2-4(14-13-3)12-5(8)6(9,10)11/h1-2H. The second-order valence-electron chi connectivity index (χ2n) is 2.11. The lowest BCUT2D eigenvalue weighted by atomic mass is 10.5. The van der Waals surface area contributed by atoms with E-state index in [1.165, 1.54) is 12.1 Å². The first-order valence-corrected chi connectivity index (χ1v) is 3.96. The highest BCUT2D eigenvalue weighted by molar-refractivity contribution is 6.67. The molecule has 1 aromatic heterocycles. The van der Waals surface area contributed by atoms with E-state index in [-0.39, 0.29) is 11.0 Å². The summed E-state index contributed by atoms with van der Waals surface area (Å²) < 4.78 is 35.6. The van der Waals surface area contributed by atoms with Gasteiger partial charge in [0.25, 0.3) is 0 Å². The molecule has 0 radical (unpaired) electrons. The van der Waals surface area contributed by atoms with Crippen molar-refractivity contribution < 1.29 is 13.2 Å². The van der Waals surface area contributed by atoms with Crippen LogP contribution in [-0.2, 0) is 0 Å². The highest BCUT2D eigenvalue weighted by Crippen LogP contribution is 2.22. The highest BCUT2D eigenvalue weighted by atomic mass is 35.5. The SMILES string of the molecule is FC(F)(F)C(Cl)=Nc1ccc(Cl)nn1. The smallest absolute Gasteiger partial charge is 0.210 e. The van der Waals surface area contributed by atoms with Crippen molar-refractivity contribution in [2.45, 2.75) is 6.18 Å². The van der Waals surface area contributed by atoms with E-state index in [0.29, 0.717) is 0 Å².